The predicted octanol–water partition coefficient (Wildman–Crippen LogP) is 0.450. The summed E-state index contributed by atoms with van der Waals surface area (Å²) < 4.78 is 0. The summed E-state index contributed by atoms with van der Waals surface area (Å²) in [7, 11) is 0. The van der Waals surface area contributed by atoms with Gasteiger partial charge in [-0.15, -0.1) is 0 Å². The number of hydrazine groups is 2. The van der Waals surface area contributed by atoms with Crippen LogP contribution in [-0.2, 0) is 26.4 Å². The molecule has 0 unspecified atom stereocenters. The largest absolute Gasteiger partial charge is 0.351 e. The predicted molar refractivity (Wildman–Crippen MR) is 80.7 cm³/mol. The van der Waals surface area contributed by atoms with Crippen LogP contribution >= 0.6 is 0 Å². The van der Waals surface area contributed by atoms with Gasteiger partial charge in [-0.2, -0.15) is 0 Å². The van der Waals surface area contributed by atoms with Crippen LogP contribution < -0.4 is 21.7 Å². The van der Waals surface area contributed by atoms with Gasteiger partial charge in [0.05, 0.1) is 0 Å². The Labute approximate surface area is 143 Å². The maximum absolute atomic E-state index is 11.4. The van der Waals surface area contributed by atoms with Crippen LogP contribution in [0, 0.1) is 0 Å². The molecule has 2 aliphatic carbocycles. The van der Waals surface area contributed by atoms with Crippen molar-refractivity contribution < 1.29 is 31.2 Å². The second-order valence-corrected chi connectivity index (χ2v) is 4.23. The number of nitrogens with one attached hydrogen (secondary N) is 4. The van der Waals surface area contributed by atoms with Crippen LogP contribution in [0.15, 0.2) is 72.2 Å². The molecular weight excluding hydrogens is 343 g/mol. The molecular formula is C15H14CoN4O3. The van der Waals surface area contributed by atoms with Crippen LogP contribution in [0.1, 0.15) is 0 Å². The monoisotopic (exact) mass is 357 g/mol. The Morgan fingerprint density at radius 1 is 0.739 bits per heavy atom. The van der Waals surface area contributed by atoms with Crippen molar-refractivity contribution in [3.05, 3.63) is 72.2 Å². The molecule has 4 N–H and O–H groups in total. The summed E-state index contributed by atoms with van der Waals surface area (Å²) >= 11 is 0. The van der Waals surface area contributed by atoms with Gasteiger partial charge in [0.25, 0.3) is 0 Å². The molecule has 0 spiro atoms. The molecule has 0 saturated carbocycles. The molecule has 0 aromatic rings. The third-order valence-electron chi connectivity index (χ3n) is 2.66. The summed E-state index contributed by atoms with van der Waals surface area (Å²) in [6.45, 7) is 0. The number of hydrogen-bond donors (Lipinski definition) is 4. The topological polar surface area (TPSA) is 99.3 Å². The van der Waals surface area contributed by atoms with Crippen molar-refractivity contribution >= 4 is 17.6 Å². The number of hydrogen-bond acceptors (Lipinski definition) is 5. The Hall–Kier alpha value is -2.84. The fourth-order valence-electron chi connectivity index (χ4n) is 1.59. The number of carbonyl (C=O) groups excluding carboxylic acids is 3. The molecule has 2 aliphatic rings. The van der Waals surface area contributed by atoms with Crippen LogP contribution in [0.2, 0.25) is 0 Å². The molecule has 121 valence electrons. The molecule has 0 heterocycles. The minimum absolute atomic E-state index is 0. The summed E-state index contributed by atoms with van der Waals surface area (Å²) in [6, 6.07) is -0.584. The molecule has 2 rings (SSSR count). The van der Waals surface area contributed by atoms with Crippen molar-refractivity contribution in [1.29, 1.82) is 0 Å². The maximum Gasteiger partial charge on any atom is 0.351 e. The van der Waals surface area contributed by atoms with Crippen molar-refractivity contribution in [1.82, 2.24) is 21.7 Å². The van der Waals surface area contributed by atoms with Crippen LogP contribution in [0.4, 0.5) is 4.79 Å². The standard InChI is InChI=1S/C15H14N4O3.Co/c20-13-7-3-1-5-11(13)9-16-18-15(22)19-17-10-12-6-2-4-8-14(12)21;/h1-10,16-17H,(H2,18,19,22);/b11-9-,12-10-;. The normalized spacial score (nSPS) is 18.8. The quantitative estimate of drug-likeness (QED) is 0.433. The first-order valence-corrected chi connectivity index (χ1v) is 6.42. The van der Waals surface area contributed by atoms with Crippen LogP contribution in [0.25, 0.3) is 0 Å². The van der Waals surface area contributed by atoms with Crippen LogP contribution in [0.3, 0.4) is 0 Å². The molecule has 0 fully saturated rings. The van der Waals surface area contributed by atoms with E-state index in [2.05, 4.69) is 21.7 Å². The Kier molecular flexibility index (Phi) is 7.31. The molecule has 1 radical (unpaired) electrons. The van der Waals surface area contributed by atoms with Gasteiger partial charge in [-0.25, -0.2) is 4.79 Å². The fourth-order valence-corrected chi connectivity index (χ4v) is 1.59. The third-order valence-corrected chi connectivity index (χ3v) is 2.66. The first-order chi connectivity index (χ1) is 10.7. The molecule has 23 heavy (non-hydrogen) atoms. The molecule has 2 amide bonds. The van der Waals surface area contributed by atoms with Crippen molar-refractivity contribution in [2.24, 2.45) is 0 Å². The third kappa shape index (κ3) is 5.81. The Balaban J connectivity index is 0.00000264. The summed E-state index contributed by atoms with van der Waals surface area (Å²) in [6.07, 6.45) is 15.5. The van der Waals surface area contributed by atoms with Gasteiger partial charge in [0, 0.05) is 40.3 Å². The summed E-state index contributed by atoms with van der Waals surface area (Å²) in [5.74, 6) is -0.313. The van der Waals surface area contributed by atoms with Gasteiger partial charge in [-0.3, -0.25) is 20.4 Å². The van der Waals surface area contributed by atoms with E-state index >= 15 is 0 Å². The van der Waals surface area contributed by atoms with Gasteiger partial charge in [-0.05, 0) is 24.3 Å². The number of carbonyl (C=O) groups is 3. The Morgan fingerprint density at radius 2 is 1.13 bits per heavy atom. The van der Waals surface area contributed by atoms with Gasteiger partial charge in [0.2, 0.25) is 0 Å². The van der Waals surface area contributed by atoms with Crippen molar-refractivity contribution in [3.63, 3.8) is 0 Å². The van der Waals surface area contributed by atoms with Gasteiger partial charge in [-0.1, -0.05) is 24.3 Å². The summed E-state index contributed by atoms with van der Waals surface area (Å²) in [5.41, 5.74) is 10.4. The molecule has 8 heteroatoms. The zero-order valence-corrected chi connectivity index (χ0v) is 12.9. The molecule has 0 aromatic heterocycles. The average Bonchev–Trinajstić information content (AvgIpc) is 2.51. The van der Waals surface area contributed by atoms with Gasteiger partial charge in [0.1, 0.15) is 0 Å². The number of ketones is 2. The van der Waals surface area contributed by atoms with Crippen molar-refractivity contribution in [2.75, 3.05) is 0 Å². The van der Waals surface area contributed by atoms with Gasteiger partial charge < -0.3 is 10.9 Å². The van der Waals surface area contributed by atoms with Crippen molar-refractivity contribution in [3.8, 4) is 0 Å². The van der Waals surface area contributed by atoms with E-state index in [0.29, 0.717) is 11.1 Å². The first-order valence-electron chi connectivity index (χ1n) is 6.42. The van der Waals surface area contributed by atoms with Crippen LogP contribution in [0.5, 0.6) is 0 Å². The number of rotatable bonds is 4. The Morgan fingerprint density at radius 3 is 1.52 bits per heavy atom. The van der Waals surface area contributed by atoms with E-state index in [1.54, 1.807) is 36.5 Å². The van der Waals surface area contributed by atoms with E-state index in [4.69, 9.17) is 0 Å². The minimum Gasteiger partial charge on any atom is -0.304 e. The van der Waals surface area contributed by atoms with E-state index < -0.39 is 6.03 Å². The first kappa shape index (κ1) is 18.2. The average molecular weight is 357 g/mol. The number of urea groups is 1. The van der Waals surface area contributed by atoms with E-state index in [9.17, 15) is 14.4 Å². The second-order valence-electron chi connectivity index (χ2n) is 4.23. The van der Waals surface area contributed by atoms with E-state index in [-0.39, 0.29) is 28.3 Å². The van der Waals surface area contributed by atoms with E-state index in [0.717, 1.165) is 0 Å². The maximum atomic E-state index is 11.4. The van der Waals surface area contributed by atoms with Crippen molar-refractivity contribution in [2.45, 2.75) is 0 Å². The molecule has 0 bridgehead atoms. The molecule has 0 atom stereocenters. The zero-order valence-electron chi connectivity index (χ0n) is 11.8. The molecule has 0 aromatic carbocycles. The zero-order chi connectivity index (χ0) is 15.8. The van der Waals surface area contributed by atoms with E-state index in [1.807, 2.05) is 0 Å². The van der Waals surface area contributed by atoms with Gasteiger partial charge in [0.15, 0.2) is 11.6 Å². The number of amides is 2. The molecule has 0 saturated heterocycles. The number of allylic oxidation sites excluding steroid dienone is 10. The molecule has 0 aliphatic heterocycles. The molecule has 7 nitrogen and oxygen atoms in total. The second kappa shape index (κ2) is 9.23. The summed E-state index contributed by atoms with van der Waals surface area (Å²) in [4.78, 5) is 34.3. The Bertz CT molecular complexity index is 616. The fraction of sp³-hybridized carbons (Fsp3) is 0. The SMILES string of the molecule is O=C(NN/C=C1/C=CC=CC1=O)NN/C=C1/C=CC=CC1=O.[Co]. The van der Waals surface area contributed by atoms with Gasteiger partial charge >= 0.3 is 6.03 Å². The van der Waals surface area contributed by atoms with Crippen LogP contribution in [-0.4, -0.2) is 17.6 Å². The summed E-state index contributed by atoms with van der Waals surface area (Å²) in [5, 5.41) is 0. The smallest absolute Gasteiger partial charge is 0.304 e. The minimum atomic E-state index is -0.584. The van der Waals surface area contributed by atoms with E-state index in [1.165, 1.54) is 24.6 Å².